The predicted octanol–water partition coefficient (Wildman–Crippen LogP) is 3.79. The average Bonchev–Trinajstić information content (AvgIpc) is 3.17. The van der Waals surface area contributed by atoms with Gasteiger partial charge in [0.1, 0.15) is 11.7 Å². The topological polar surface area (TPSA) is 59.7 Å². The SMILES string of the molecule is CCN1CCC(c2ccc3c(c2)OC(=O)C(c2cc4c(C)nc(C)cn4n2)C3)CC1. The first-order valence-corrected chi connectivity index (χ1v) is 10.9. The molecule has 3 aromatic rings. The Morgan fingerprint density at radius 2 is 1.97 bits per heavy atom. The monoisotopic (exact) mass is 404 g/mol. The van der Waals surface area contributed by atoms with Crippen LogP contribution in [-0.4, -0.2) is 45.1 Å². The minimum absolute atomic E-state index is 0.216. The zero-order valence-electron chi connectivity index (χ0n) is 17.9. The van der Waals surface area contributed by atoms with Crippen molar-refractivity contribution in [2.45, 2.75) is 51.9 Å². The molecule has 5 rings (SSSR count). The minimum Gasteiger partial charge on any atom is -0.426 e. The number of rotatable bonds is 3. The molecular weight excluding hydrogens is 376 g/mol. The number of fused-ring (bicyclic) bond motifs is 2. The number of hydrogen-bond acceptors (Lipinski definition) is 5. The summed E-state index contributed by atoms with van der Waals surface area (Å²) in [6.07, 6.45) is 4.84. The molecule has 2 aliphatic rings. The molecule has 1 unspecified atom stereocenters. The van der Waals surface area contributed by atoms with Gasteiger partial charge in [0.15, 0.2) is 0 Å². The first-order chi connectivity index (χ1) is 14.5. The van der Waals surface area contributed by atoms with Crippen molar-refractivity contribution in [1.29, 1.82) is 0 Å². The Morgan fingerprint density at radius 3 is 2.73 bits per heavy atom. The summed E-state index contributed by atoms with van der Waals surface area (Å²) in [5, 5.41) is 4.66. The molecule has 0 radical (unpaired) electrons. The number of aryl methyl sites for hydroxylation is 2. The number of hydrogen-bond donors (Lipinski definition) is 0. The van der Waals surface area contributed by atoms with E-state index in [0.29, 0.717) is 12.3 Å². The van der Waals surface area contributed by atoms with Crippen LogP contribution in [0.5, 0.6) is 5.75 Å². The number of carbonyl (C=O) groups is 1. The zero-order valence-corrected chi connectivity index (χ0v) is 17.9. The number of benzene rings is 1. The second kappa shape index (κ2) is 7.51. The van der Waals surface area contributed by atoms with Crippen LogP contribution >= 0.6 is 0 Å². The Morgan fingerprint density at radius 1 is 1.17 bits per heavy atom. The number of esters is 1. The highest BCUT2D eigenvalue weighted by molar-refractivity contribution is 5.83. The summed E-state index contributed by atoms with van der Waals surface area (Å²) in [4.78, 5) is 19.9. The van der Waals surface area contributed by atoms with Crippen LogP contribution in [0.15, 0.2) is 30.5 Å². The van der Waals surface area contributed by atoms with Gasteiger partial charge in [-0.25, -0.2) is 4.52 Å². The van der Waals surface area contributed by atoms with E-state index in [9.17, 15) is 4.79 Å². The summed E-state index contributed by atoms with van der Waals surface area (Å²) in [7, 11) is 0. The lowest BCUT2D eigenvalue weighted by Gasteiger charge is -2.32. The van der Waals surface area contributed by atoms with Crippen molar-refractivity contribution in [2.75, 3.05) is 19.6 Å². The highest BCUT2D eigenvalue weighted by Crippen LogP contribution is 2.37. The largest absolute Gasteiger partial charge is 0.426 e. The van der Waals surface area contributed by atoms with E-state index in [1.807, 2.05) is 30.6 Å². The third-order valence-electron chi connectivity index (χ3n) is 6.65. The molecule has 0 spiro atoms. The maximum Gasteiger partial charge on any atom is 0.320 e. The first kappa shape index (κ1) is 19.2. The second-order valence-electron chi connectivity index (χ2n) is 8.62. The molecule has 0 aliphatic carbocycles. The van der Waals surface area contributed by atoms with Crippen LogP contribution in [-0.2, 0) is 11.2 Å². The smallest absolute Gasteiger partial charge is 0.320 e. The molecule has 2 aliphatic heterocycles. The van der Waals surface area contributed by atoms with Gasteiger partial charge in [0, 0.05) is 0 Å². The van der Waals surface area contributed by atoms with Gasteiger partial charge < -0.3 is 9.64 Å². The van der Waals surface area contributed by atoms with Crippen molar-refractivity contribution in [3.05, 3.63) is 58.7 Å². The van der Waals surface area contributed by atoms with Gasteiger partial charge in [-0.15, -0.1) is 0 Å². The van der Waals surface area contributed by atoms with Gasteiger partial charge >= 0.3 is 5.97 Å². The van der Waals surface area contributed by atoms with Crippen LogP contribution in [0, 0.1) is 13.8 Å². The van der Waals surface area contributed by atoms with E-state index < -0.39 is 0 Å². The molecule has 1 fully saturated rings. The third kappa shape index (κ3) is 3.39. The normalized spacial score (nSPS) is 20.4. The quantitative estimate of drug-likeness (QED) is 0.491. The van der Waals surface area contributed by atoms with Gasteiger partial charge in [-0.05, 0) is 81.9 Å². The summed E-state index contributed by atoms with van der Waals surface area (Å²) in [6.45, 7) is 9.53. The first-order valence-electron chi connectivity index (χ1n) is 10.9. The molecule has 1 atom stereocenters. The second-order valence-corrected chi connectivity index (χ2v) is 8.62. The van der Waals surface area contributed by atoms with E-state index in [4.69, 9.17) is 4.74 Å². The number of aromatic nitrogens is 3. The van der Waals surface area contributed by atoms with Gasteiger partial charge in [0.2, 0.25) is 0 Å². The van der Waals surface area contributed by atoms with E-state index in [1.165, 1.54) is 5.56 Å². The van der Waals surface area contributed by atoms with Crippen LogP contribution in [0.25, 0.3) is 5.52 Å². The van der Waals surface area contributed by atoms with Crippen molar-refractivity contribution in [2.24, 2.45) is 0 Å². The van der Waals surface area contributed by atoms with Crippen LogP contribution in [0.3, 0.4) is 0 Å². The number of likely N-dealkylation sites (tertiary alicyclic amines) is 1. The van der Waals surface area contributed by atoms with Crippen LogP contribution in [0.1, 0.15) is 59.8 Å². The Labute approximate surface area is 176 Å². The van der Waals surface area contributed by atoms with Gasteiger partial charge in [-0.1, -0.05) is 19.1 Å². The van der Waals surface area contributed by atoms with Gasteiger partial charge in [0.05, 0.1) is 28.8 Å². The third-order valence-corrected chi connectivity index (χ3v) is 6.65. The molecule has 6 heteroatoms. The van der Waals surface area contributed by atoms with Gasteiger partial charge in [0.25, 0.3) is 0 Å². The molecule has 4 heterocycles. The molecular formula is C24H28N4O2. The fraction of sp³-hybridized carbons (Fsp3) is 0.458. The summed E-state index contributed by atoms with van der Waals surface area (Å²) in [5.41, 5.74) is 5.87. The van der Waals surface area contributed by atoms with E-state index in [-0.39, 0.29) is 11.9 Å². The lowest BCUT2D eigenvalue weighted by Crippen LogP contribution is -2.32. The standard InChI is InChI=1S/C24H28N4O2/c1-4-27-9-7-17(8-10-27)18-5-6-19-11-20(24(29)30-23(19)12-18)21-13-22-16(3)25-15(2)14-28(22)26-21/h5-6,12-14,17,20H,4,7-11H2,1-3H3. The molecule has 2 aromatic heterocycles. The van der Waals surface area contributed by atoms with Gasteiger partial charge in [-0.2, -0.15) is 5.10 Å². The van der Waals surface area contributed by atoms with Crippen LogP contribution in [0.4, 0.5) is 0 Å². The van der Waals surface area contributed by atoms with E-state index in [2.05, 4.69) is 40.1 Å². The van der Waals surface area contributed by atoms with Crippen molar-refractivity contribution in [3.63, 3.8) is 0 Å². The average molecular weight is 405 g/mol. The fourth-order valence-corrected chi connectivity index (χ4v) is 4.86. The van der Waals surface area contributed by atoms with E-state index in [1.54, 1.807) is 0 Å². The molecule has 0 saturated carbocycles. The molecule has 0 amide bonds. The molecule has 6 nitrogen and oxygen atoms in total. The van der Waals surface area contributed by atoms with Crippen molar-refractivity contribution >= 4 is 11.5 Å². The lowest BCUT2D eigenvalue weighted by atomic mass is 9.86. The maximum absolute atomic E-state index is 12.9. The maximum atomic E-state index is 12.9. The van der Waals surface area contributed by atoms with E-state index >= 15 is 0 Å². The molecule has 0 N–H and O–H groups in total. The minimum atomic E-state index is -0.379. The fourth-order valence-electron chi connectivity index (χ4n) is 4.86. The summed E-state index contributed by atoms with van der Waals surface area (Å²) in [5.74, 6) is 0.678. The molecule has 156 valence electrons. The number of ether oxygens (including phenoxy) is 1. The Bertz CT molecular complexity index is 1110. The number of nitrogens with zero attached hydrogens (tertiary/aromatic N) is 4. The Kier molecular flexibility index (Phi) is 4.82. The summed E-state index contributed by atoms with van der Waals surface area (Å²) in [6, 6.07) is 8.43. The summed E-state index contributed by atoms with van der Waals surface area (Å²) < 4.78 is 7.63. The van der Waals surface area contributed by atoms with E-state index in [0.717, 1.165) is 66.4 Å². The lowest BCUT2D eigenvalue weighted by molar-refractivity contribution is -0.137. The zero-order chi connectivity index (χ0) is 20.8. The van der Waals surface area contributed by atoms with Crippen LogP contribution in [0.2, 0.25) is 0 Å². The Balaban J connectivity index is 1.39. The van der Waals surface area contributed by atoms with Gasteiger partial charge in [-0.3, -0.25) is 9.78 Å². The summed E-state index contributed by atoms with van der Waals surface area (Å²) >= 11 is 0. The number of carbonyl (C=O) groups excluding carboxylic acids is 1. The highest BCUT2D eigenvalue weighted by Gasteiger charge is 2.33. The molecule has 1 saturated heterocycles. The molecule has 0 bridgehead atoms. The Hall–Kier alpha value is -2.73. The predicted molar refractivity (Wildman–Crippen MR) is 115 cm³/mol. The van der Waals surface area contributed by atoms with Crippen molar-refractivity contribution in [3.8, 4) is 5.75 Å². The molecule has 1 aromatic carbocycles. The highest BCUT2D eigenvalue weighted by atomic mass is 16.5. The van der Waals surface area contributed by atoms with Crippen LogP contribution < -0.4 is 4.74 Å². The molecule has 30 heavy (non-hydrogen) atoms. The van der Waals surface area contributed by atoms with Crippen molar-refractivity contribution in [1.82, 2.24) is 19.5 Å². The van der Waals surface area contributed by atoms with Crippen molar-refractivity contribution < 1.29 is 9.53 Å². The number of piperidine rings is 1.